The van der Waals surface area contributed by atoms with Crippen molar-refractivity contribution in [2.45, 2.75) is 57.4 Å². The molecule has 5 rings (SSSR count). The van der Waals surface area contributed by atoms with E-state index in [9.17, 15) is 9.59 Å². The van der Waals surface area contributed by atoms with Gasteiger partial charge in [-0.2, -0.15) is 0 Å². The summed E-state index contributed by atoms with van der Waals surface area (Å²) in [5.74, 6) is 0.386. The topological polar surface area (TPSA) is 83.1 Å². The van der Waals surface area contributed by atoms with Crippen LogP contribution in [-0.4, -0.2) is 16.9 Å². The number of hydrogen-bond donors (Lipinski definition) is 3. The number of amides is 3. The minimum Gasteiger partial charge on any atom is -0.327 e. The molecule has 1 atom stereocenters. The Morgan fingerprint density at radius 3 is 2.51 bits per heavy atom. The number of urea groups is 1. The smallest absolute Gasteiger partial charge is 0.319 e. The minimum atomic E-state index is -0.303. The Balaban J connectivity index is 1.41. The van der Waals surface area contributed by atoms with Crippen LogP contribution in [0, 0.1) is 0 Å². The van der Waals surface area contributed by atoms with Crippen molar-refractivity contribution < 1.29 is 9.59 Å². The van der Waals surface area contributed by atoms with Gasteiger partial charge in [-0.15, -0.1) is 11.3 Å². The van der Waals surface area contributed by atoms with Gasteiger partial charge in [0.1, 0.15) is 5.01 Å². The van der Waals surface area contributed by atoms with Gasteiger partial charge in [-0.05, 0) is 49.1 Å². The molecule has 2 aromatic carbocycles. The summed E-state index contributed by atoms with van der Waals surface area (Å²) in [7, 11) is 0. The second-order valence-electron chi connectivity index (χ2n) is 9.13. The predicted molar refractivity (Wildman–Crippen MR) is 140 cm³/mol. The monoisotopic (exact) mass is 486 g/mol. The standard InChI is InChI=1S/C28H30N4O2S/c1-2-22-24(27-30-23(17-35-27)18-9-5-3-6-10-18)25(32-28(34)31-22)19-13-15-21(16-14-19)29-26(33)20-11-7-4-8-12-20/h4,7-8,11-18,25H,2-3,5-6,9-10H2,1H3,(H,29,33)(H2,31,32,34). The summed E-state index contributed by atoms with van der Waals surface area (Å²) in [4.78, 5) is 30.0. The molecule has 1 aliphatic heterocycles. The molecule has 2 aliphatic rings. The third kappa shape index (κ3) is 5.15. The lowest BCUT2D eigenvalue weighted by Gasteiger charge is -2.29. The van der Waals surface area contributed by atoms with E-state index < -0.39 is 0 Å². The maximum atomic E-state index is 12.5. The Morgan fingerprint density at radius 2 is 1.80 bits per heavy atom. The first-order chi connectivity index (χ1) is 17.1. The van der Waals surface area contributed by atoms with Crippen molar-refractivity contribution in [2.75, 3.05) is 5.32 Å². The number of hydrogen-bond acceptors (Lipinski definition) is 4. The molecule has 0 saturated heterocycles. The zero-order valence-corrected chi connectivity index (χ0v) is 20.7. The molecular formula is C28H30N4O2S. The molecule has 35 heavy (non-hydrogen) atoms. The molecule has 1 aliphatic carbocycles. The summed E-state index contributed by atoms with van der Waals surface area (Å²) in [6.07, 6.45) is 6.98. The first-order valence-electron chi connectivity index (χ1n) is 12.3. The lowest BCUT2D eigenvalue weighted by molar-refractivity contribution is 0.102. The number of aromatic nitrogens is 1. The average molecular weight is 487 g/mol. The lowest BCUT2D eigenvalue weighted by Crippen LogP contribution is -2.43. The molecule has 2 heterocycles. The summed E-state index contributed by atoms with van der Waals surface area (Å²) >= 11 is 1.66. The molecule has 1 fully saturated rings. The van der Waals surface area contributed by atoms with Crippen molar-refractivity contribution in [1.29, 1.82) is 0 Å². The Morgan fingerprint density at radius 1 is 1.06 bits per heavy atom. The number of anilines is 1. The average Bonchev–Trinajstić information content (AvgIpc) is 3.39. The van der Waals surface area contributed by atoms with Crippen LogP contribution in [0.5, 0.6) is 0 Å². The highest BCUT2D eigenvalue weighted by Gasteiger charge is 2.31. The highest BCUT2D eigenvalue weighted by atomic mass is 32.1. The van der Waals surface area contributed by atoms with E-state index in [1.54, 1.807) is 23.5 Å². The minimum absolute atomic E-state index is 0.152. The van der Waals surface area contributed by atoms with Gasteiger partial charge in [0, 0.05) is 33.8 Å². The fourth-order valence-corrected chi connectivity index (χ4v) is 5.95. The van der Waals surface area contributed by atoms with E-state index in [2.05, 4.69) is 28.3 Å². The van der Waals surface area contributed by atoms with Crippen LogP contribution in [0.3, 0.4) is 0 Å². The Kier molecular flexibility index (Phi) is 6.95. The fourth-order valence-electron chi connectivity index (χ4n) is 4.95. The van der Waals surface area contributed by atoms with Crippen LogP contribution in [0.1, 0.15) is 84.0 Å². The molecule has 180 valence electrons. The largest absolute Gasteiger partial charge is 0.327 e. The van der Waals surface area contributed by atoms with Crippen molar-refractivity contribution in [3.8, 4) is 0 Å². The second-order valence-corrected chi connectivity index (χ2v) is 9.99. The molecule has 3 N–H and O–H groups in total. The quantitative estimate of drug-likeness (QED) is 0.366. The molecule has 6 nitrogen and oxygen atoms in total. The normalized spacial score (nSPS) is 18.7. The molecule has 0 radical (unpaired) electrons. The Bertz CT molecular complexity index is 1230. The fraction of sp³-hybridized carbons (Fsp3) is 0.321. The number of nitrogens with one attached hydrogen (secondary N) is 3. The molecule has 1 aromatic heterocycles. The maximum absolute atomic E-state index is 12.5. The number of carbonyl (C=O) groups excluding carboxylic acids is 2. The number of nitrogens with zero attached hydrogens (tertiary/aromatic N) is 1. The van der Waals surface area contributed by atoms with Gasteiger partial charge >= 0.3 is 6.03 Å². The highest BCUT2D eigenvalue weighted by Crippen LogP contribution is 2.40. The summed E-state index contributed by atoms with van der Waals surface area (Å²) in [6.45, 7) is 2.05. The summed E-state index contributed by atoms with van der Waals surface area (Å²) in [6, 6.07) is 16.3. The van der Waals surface area contributed by atoms with Gasteiger partial charge in [0.25, 0.3) is 5.91 Å². The van der Waals surface area contributed by atoms with E-state index in [4.69, 9.17) is 4.98 Å². The van der Waals surface area contributed by atoms with E-state index in [1.165, 1.54) is 37.8 Å². The van der Waals surface area contributed by atoms with Crippen LogP contribution in [-0.2, 0) is 0 Å². The van der Waals surface area contributed by atoms with E-state index >= 15 is 0 Å². The molecule has 1 unspecified atom stereocenters. The third-order valence-corrected chi connectivity index (χ3v) is 7.71. The van der Waals surface area contributed by atoms with Gasteiger partial charge in [-0.3, -0.25) is 4.79 Å². The van der Waals surface area contributed by atoms with Crippen LogP contribution >= 0.6 is 11.3 Å². The third-order valence-electron chi connectivity index (χ3n) is 6.82. The van der Waals surface area contributed by atoms with Crippen LogP contribution < -0.4 is 16.0 Å². The SMILES string of the molecule is CCC1=C(c2nc(C3CCCCC3)cs2)C(c2ccc(NC(=O)c3ccccc3)cc2)NC(=O)N1. The Labute approximate surface area is 209 Å². The molecule has 7 heteroatoms. The zero-order chi connectivity index (χ0) is 24.2. The zero-order valence-electron chi connectivity index (χ0n) is 19.8. The van der Waals surface area contributed by atoms with Gasteiger partial charge in [0.2, 0.25) is 0 Å². The number of rotatable bonds is 6. The van der Waals surface area contributed by atoms with Crippen molar-refractivity contribution in [3.05, 3.63) is 87.5 Å². The van der Waals surface area contributed by atoms with Gasteiger partial charge in [0.15, 0.2) is 0 Å². The molecule has 3 amide bonds. The highest BCUT2D eigenvalue weighted by molar-refractivity contribution is 7.10. The Hall–Kier alpha value is -3.45. The van der Waals surface area contributed by atoms with E-state index in [0.29, 0.717) is 23.6 Å². The van der Waals surface area contributed by atoms with Crippen molar-refractivity contribution in [1.82, 2.24) is 15.6 Å². The molecule has 3 aromatic rings. The van der Waals surface area contributed by atoms with Gasteiger partial charge in [0.05, 0.1) is 11.7 Å². The summed E-state index contributed by atoms with van der Waals surface area (Å²) < 4.78 is 0. The summed E-state index contributed by atoms with van der Waals surface area (Å²) in [5, 5.41) is 12.2. The van der Waals surface area contributed by atoms with Gasteiger partial charge < -0.3 is 16.0 Å². The second kappa shape index (κ2) is 10.4. The maximum Gasteiger partial charge on any atom is 0.319 e. The van der Waals surface area contributed by atoms with Crippen molar-refractivity contribution >= 4 is 34.5 Å². The van der Waals surface area contributed by atoms with Gasteiger partial charge in [-0.25, -0.2) is 9.78 Å². The number of benzene rings is 2. The number of thiazole rings is 1. The van der Waals surface area contributed by atoms with Crippen molar-refractivity contribution in [3.63, 3.8) is 0 Å². The predicted octanol–water partition coefficient (Wildman–Crippen LogP) is 6.62. The van der Waals surface area contributed by atoms with Gasteiger partial charge in [-0.1, -0.05) is 56.5 Å². The van der Waals surface area contributed by atoms with Crippen LogP contribution in [0.25, 0.3) is 5.57 Å². The van der Waals surface area contributed by atoms with E-state index in [1.807, 2.05) is 42.5 Å². The van der Waals surface area contributed by atoms with Crippen LogP contribution in [0.4, 0.5) is 10.5 Å². The molecule has 0 bridgehead atoms. The molecule has 0 spiro atoms. The first kappa shape index (κ1) is 23.3. The lowest BCUT2D eigenvalue weighted by atomic mass is 9.87. The van der Waals surface area contributed by atoms with E-state index in [-0.39, 0.29) is 18.0 Å². The summed E-state index contributed by atoms with van der Waals surface area (Å²) in [5.41, 5.74) is 5.38. The van der Waals surface area contributed by atoms with Crippen LogP contribution in [0.2, 0.25) is 0 Å². The van der Waals surface area contributed by atoms with Crippen LogP contribution in [0.15, 0.2) is 65.7 Å². The van der Waals surface area contributed by atoms with Crippen molar-refractivity contribution in [2.24, 2.45) is 0 Å². The molecular weight excluding hydrogens is 456 g/mol. The first-order valence-corrected chi connectivity index (χ1v) is 13.2. The van der Waals surface area contributed by atoms with E-state index in [0.717, 1.165) is 21.8 Å². The molecule has 1 saturated carbocycles. The number of allylic oxidation sites excluding steroid dienone is 1. The number of carbonyl (C=O) groups is 2.